The fourth-order valence-corrected chi connectivity index (χ4v) is 4.51. The van der Waals surface area contributed by atoms with E-state index in [-0.39, 0.29) is 29.6 Å². The number of methoxy groups -OCH3 is 1. The molecule has 1 heterocycles. The molecule has 1 aromatic carbocycles. The van der Waals surface area contributed by atoms with E-state index >= 15 is 0 Å². The van der Waals surface area contributed by atoms with Crippen molar-refractivity contribution in [3.63, 3.8) is 0 Å². The molecule has 0 radical (unpaired) electrons. The summed E-state index contributed by atoms with van der Waals surface area (Å²) in [5, 5.41) is 2.84. The maximum Gasteiger partial charge on any atom is 0.318 e. The van der Waals surface area contributed by atoms with Gasteiger partial charge in [-0.15, -0.1) is 0 Å². The van der Waals surface area contributed by atoms with E-state index in [1.165, 1.54) is 0 Å². The molecule has 6 nitrogen and oxygen atoms in total. The highest BCUT2D eigenvalue weighted by Gasteiger charge is 2.31. The van der Waals surface area contributed by atoms with Gasteiger partial charge < -0.3 is 15.0 Å². The average molecular weight is 340 g/mol. The molecule has 1 N–H and O–H groups in total. The van der Waals surface area contributed by atoms with Crippen molar-refractivity contribution in [2.45, 2.75) is 32.4 Å². The first-order chi connectivity index (χ1) is 10.9. The number of amides is 2. The maximum absolute atomic E-state index is 12.5. The summed E-state index contributed by atoms with van der Waals surface area (Å²) in [5.74, 6) is 0.923. The largest absolute Gasteiger partial charge is 0.497 e. The molecule has 2 rings (SSSR count). The number of hydrogen-bond donors (Lipinski definition) is 1. The molecule has 0 spiro atoms. The van der Waals surface area contributed by atoms with Crippen LogP contribution in [-0.2, 0) is 9.84 Å². The fourth-order valence-electron chi connectivity index (χ4n) is 2.84. The van der Waals surface area contributed by atoms with Crippen LogP contribution in [0.15, 0.2) is 24.3 Å². The minimum absolute atomic E-state index is 0.0316. The summed E-state index contributed by atoms with van der Waals surface area (Å²) in [6.45, 7) is 4.38. The van der Waals surface area contributed by atoms with Crippen LogP contribution in [0, 0.1) is 0 Å². The molecule has 1 aliphatic heterocycles. The Bertz CT molecular complexity index is 660. The lowest BCUT2D eigenvalue weighted by Gasteiger charge is -2.30. The Morgan fingerprint density at radius 1 is 1.48 bits per heavy atom. The number of ether oxygens (including phenoxy) is 1. The number of nitrogens with one attached hydrogen (secondary N) is 1. The number of urea groups is 1. The molecular formula is C16H24N2O4S. The van der Waals surface area contributed by atoms with Gasteiger partial charge in [0.25, 0.3) is 0 Å². The van der Waals surface area contributed by atoms with E-state index in [0.717, 1.165) is 11.3 Å². The van der Waals surface area contributed by atoms with Gasteiger partial charge in [-0.3, -0.25) is 0 Å². The summed E-state index contributed by atoms with van der Waals surface area (Å²) < 4.78 is 28.2. The zero-order valence-corrected chi connectivity index (χ0v) is 14.6. The molecule has 0 bridgehead atoms. The van der Waals surface area contributed by atoms with Gasteiger partial charge in [0.2, 0.25) is 0 Å². The smallest absolute Gasteiger partial charge is 0.318 e. The van der Waals surface area contributed by atoms with Gasteiger partial charge in [0, 0.05) is 12.6 Å². The average Bonchev–Trinajstić information content (AvgIpc) is 2.86. The van der Waals surface area contributed by atoms with Crippen molar-refractivity contribution in [1.29, 1.82) is 0 Å². The first-order valence-electron chi connectivity index (χ1n) is 7.77. The Morgan fingerprint density at radius 2 is 2.22 bits per heavy atom. The molecular weight excluding hydrogens is 316 g/mol. The van der Waals surface area contributed by atoms with Crippen molar-refractivity contribution in [2.24, 2.45) is 0 Å². The third-order valence-electron chi connectivity index (χ3n) is 4.21. The highest BCUT2D eigenvalue weighted by atomic mass is 32.2. The monoisotopic (exact) mass is 340 g/mol. The first kappa shape index (κ1) is 17.6. The molecule has 0 aliphatic carbocycles. The molecule has 1 aliphatic rings. The molecule has 0 saturated carbocycles. The molecule has 1 saturated heterocycles. The van der Waals surface area contributed by atoms with Crippen LogP contribution in [0.4, 0.5) is 4.79 Å². The fraction of sp³-hybridized carbons (Fsp3) is 0.562. The first-order valence-corrected chi connectivity index (χ1v) is 9.60. The van der Waals surface area contributed by atoms with E-state index < -0.39 is 9.84 Å². The zero-order chi connectivity index (χ0) is 17.0. The third-order valence-corrected chi connectivity index (χ3v) is 5.97. The minimum Gasteiger partial charge on any atom is -0.497 e. The summed E-state index contributed by atoms with van der Waals surface area (Å²) in [7, 11) is -1.40. The predicted octanol–water partition coefficient (Wildman–Crippen LogP) is 1.97. The highest BCUT2D eigenvalue weighted by molar-refractivity contribution is 7.91. The Morgan fingerprint density at radius 3 is 2.78 bits per heavy atom. The lowest BCUT2D eigenvalue weighted by molar-refractivity contribution is 0.180. The summed E-state index contributed by atoms with van der Waals surface area (Å²) in [6, 6.07) is 6.94. The standard InChI is InChI=1S/C16H24N2O4S/c1-4-18(12(2)13-6-5-7-15(10-13)22-3)16(19)17-14-8-9-23(20,21)11-14/h5-7,10,12,14H,4,8-9,11H2,1-3H3,(H,17,19)/t12-,14+/m1/s1. The van der Waals surface area contributed by atoms with Crippen LogP contribution in [0.25, 0.3) is 0 Å². The van der Waals surface area contributed by atoms with E-state index in [4.69, 9.17) is 4.74 Å². The van der Waals surface area contributed by atoms with Gasteiger partial charge in [-0.1, -0.05) is 12.1 Å². The summed E-state index contributed by atoms with van der Waals surface area (Å²) in [6.07, 6.45) is 0.485. The van der Waals surface area contributed by atoms with Crippen LogP contribution in [0.2, 0.25) is 0 Å². The van der Waals surface area contributed by atoms with Crippen LogP contribution >= 0.6 is 0 Å². The topological polar surface area (TPSA) is 75.7 Å². The number of carbonyl (C=O) groups excluding carboxylic acids is 1. The van der Waals surface area contributed by atoms with E-state index in [0.29, 0.717) is 13.0 Å². The second-order valence-electron chi connectivity index (χ2n) is 5.79. The molecule has 2 atom stereocenters. The van der Waals surface area contributed by atoms with Crippen molar-refractivity contribution in [3.05, 3.63) is 29.8 Å². The van der Waals surface area contributed by atoms with Gasteiger partial charge in [0.1, 0.15) is 5.75 Å². The van der Waals surface area contributed by atoms with E-state index in [1.807, 2.05) is 38.1 Å². The van der Waals surface area contributed by atoms with Gasteiger partial charge in [0.05, 0.1) is 24.7 Å². The van der Waals surface area contributed by atoms with Crippen LogP contribution in [0.3, 0.4) is 0 Å². The van der Waals surface area contributed by atoms with Gasteiger partial charge in [-0.25, -0.2) is 13.2 Å². The number of benzene rings is 1. The van der Waals surface area contributed by atoms with Crippen LogP contribution in [-0.4, -0.2) is 50.6 Å². The summed E-state index contributed by atoms with van der Waals surface area (Å²) >= 11 is 0. The highest BCUT2D eigenvalue weighted by Crippen LogP contribution is 2.24. The van der Waals surface area contributed by atoms with E-state index in [9.17, 15) is 13.2 Å². The van der Waals surface area contributed by atoms with Crippen LogP contribution < -0.4 is 10.1 Å². The molecule has 1 aromatic rings. The van der Waals surface area contributed by atoms with Gasteiger partial charge in [0.15, 0.2) is 9.84 Å². The van der Waals surface area contributed by atoms with E-state index in [1.54, 1.807) is 12.0 Å². The minimum atomic E-state index is -3.00. The Balaban J connectivity index is 2.07. The predicted molar refractivity (Wildman–Crippen MR) is 89.4 cm³/mol. The molecule has 128 valence electrons. The molecule has 23 heavy (non-hydrogen) atoms. The number of rotatable bonds is 5. The Kier molecular flexibility index (Phi) is 5.51. The number of hydrogen-bond acceptors (Lipinski definition) is 4. The van der Waals surface area contributed by atoms with Gasteiger partial charge in [-0.2, -0.15) is 0 Å². The molecule has 2 amide bonds. The quantitative estimate of drug-likeness (QED) is 0.889. The maximum atomic E-state index is 12.5. The lowest BCUT2D eigenvalue weighted by atomic mass is 10.1. The molecule has 0 aromatic heterocycles. The Hall–Kier alpha value is -1.76. The van der Waals surface area contributed by atoms with E-state index in [2.05, 4.69) is 5.32 Å². The molecule has 0 unspecified atom stereocenters. The molecule has 1 fully saturated rings. The Labute approximate surface area is 137 Å². The van der Waals surface area contributed by atoms with Gasteiger partial charge in [-0.05, 0) is 38.0 Å². The second kappa shape index (κ2) is 7.21. The lowest BCUT2D eigenvalue weighted by Crippen LogP contribution is -2.46. The van der Waals surface area contributed by atoms with Crippen molar-refractivity contribution < 1.29 is 17.9 Å². The molecule has 7 heteroatoms. The summed E-state index contributed by atoms with van der Waals surface area (Å²) in [5.41, 5.74) is 0.973. The number of nitrogens with zero attached hydrogens (tertiary/aromatic N) is 1. The van der Waals surface area contributed by atoms with Crippen LogP contribution in [0.5, 0.6) is 5.75 Å². The second-order valence-corrected chi connectivity index (χ2v) is 8.02. The summed E-state index contributed by atoms with van der Waals surface area (Å²) in [4.78, 5) is 14.2. The van der Waals surface area contributed by atoms with Gasteiger partial charge >= 0.3 is 6.03 Å². The SMILES string of the molecule is CCN(C(=O)N[C@H]1CCS(=O)(=O)C1)[C@H](C)c1cccc(OC)c1. The third kappa shape index (κ3) is 4.37. The van der Waals surface area contributed by atoms with Crippen molar-refractivity contribution in [1.82, 2.24) is 10.2 Å². The normalized spacial score (nSPS) is 20.7. The van der Waals surface area contributed by atoms with Crippen LogP contribution in [0.1, 0.15) is 31.9 Å². The number of sulfone groups is 1. The van der Waals surface area contributed by atoms with Crippen molar-refractivity contribution in [2.75, 3.05) is 25.2 Å². The van der Waals surface area contributed by atoms with Crippen molar-refractivity contribution >= 4 is 15.9 Å². The number of carbonyl (C=O) groups is 1. The van der Waals surface area contributed by atoms with Crippen molar-refractivity contribution in [3.8, 4) is 5.75 Å². The zero-order valence-electron chi connectivity index (χ0n) is 13.8.